The van der Waals surface area contributed by atoms with Crippen molar-refractivity contribution >= 4 is 23.5 Å². The molecule has 0 radical (unpaired) electrons. The highest BCUT2D eigenvalue weighted by Crippen LogP contribution is 2.24. The molecular formula is C22H29N5O5. The number of hydrogen-bond donors (Lipinski definition) is 3. The van der Waals surface area contributed by atoms with E-state index in [9.17, 15) is 24.6 Å². The Morgan fingerprint density at radius 2 is 2.06 bits per heavy atom. The largest absolute Gasteiger partial charge is 0.492 e. The maximum Gasteiger partial charge on any atom is 0.270 e. The van der Waals surface area contributed by atoms with E-state index in [1.165, 1.54) is 21.4 Å². The Bertz CT molecular complexity index is 1130. The maximum absolute atomic E-state index is 13.2. The average molecular weight is 444 g/mol. The number of aliphatic hydroxyl groups is 1. The van der Waals surface area contributed by atoms with Crippen LogP contribution < -0.4 is 10.9 Å². The van der Waals surface area contributed by atoms with Crippen LogP contribution in [0.15, 0.2) is 17.1 Å². The van der Waals surface area contributed by atoms with Gasteiger partial charge in [-0.1, -0.05) is 13.8 Å². The molecule has 2 aromatic heterocycles. The zero-order chi connectivity index (χ0) is 23.0. The van der Waals surface area contributed by atoms with Crippen LogP contribution in [0.25, 0.3) is 11.7 Å². The molecule has 1 aliphatic heterocycles. The number of carbonyl (C=O) groups is 2. The van der Waals surface area contributed by atoms with Gasteiger partial charge in [-0.2, -0.15) is 9.61 Å². The molecule has 1 aliphatic carbocycles. The van der Waals surface area contributed by atoms with Gasteiger partial charge in [-0.05, 0) is 37.7 Å². The topological polar surface area (TPSA) is 129 Å². The molecule has 10 nitrogen and oxygen atoms in total. The second-order valence-corrected chi connectivity index (χ2v) is 8.93. The molecule has 1 saturated heterocycles. The molecule has 2 aliphatic rings. The number of rotatable bonds is 7. The zero-order valence-corrected chi connectivity index (χ0v) is 18.3. The molecular weight excluding hydrogens is 414 g/mol. The van der Waals surface area contributed by atoms with Crippen LogP contribution in [0.4, 0.5) is 0 Å². The van der Waals surface area contributed by atoms with E-state index in [0.29, 0.717) is 24.3 Å². The molecule has 3 heterocycles. The lowest BCUT2D eigenvalue weighted by Crippen LogP contribution is -2.36. The summed E-state index contributed by atoms with van der Waals surface area (Å²) in [7, 11) is 0. The quantitative estimate of drug-likeness (QED) is 0.542. The van der Waals surface area contributed by atoms with Crippen LogP contribution in [-0.2, 0) is 11.3 Å². The molecule has 2 aromatic rings. The number of likely N-dealkylation sites (tertiary alicyclic amines) is 1. The Morgan fingerprint density at radius 3 is 2.72 bits per heavy atom. The Labute approximate surface area is 185 Å². The molecule has 0 spiro atoms. The lowest BCUT2D eigenvalue weighted by molar-refractivity contribution is -0.127. The standard InChI is InChI=1S/C22H29N5O5/c1-13(2)11-26-20-14(5-8-17(29)25-9-3-4-16(25)12-28)10-23-27(20)22(32)18(21(26)31)19(30)24-15-6-7-15/h5,8,10,13,15-16,28,32H,3-4,6-7,9,11-12H2,1-2H3,(H,24,30)/b8-5+. The van der Waals surface area contributed by atoms with Crippen LogP contribution in [0.1, 0.15) is 55.5 Å². The van der Waals surface area contributed by atoms with Crippen LogP contribution >= 0.6 is 0 Å². The third-order valence-electron chi connectivity index (χ3n) is 5.87. The number of nitrogens with one attached hydrogen (secondary N) is 1. The van der Waals surface area contributed by atoms with E-state index in [4.69, 9.17) is 0 Å². The summed E-state index contributed by atoms with van der Waals surface area (Å²) in [5.41, 5.74) is -0.139. The number of aromatic nitrogens is 3. The van der Waals surface area contributed by atoms with Crippen LogP contribution in [0.5, 0.6) is 5.88 Å². The molecule has 2 amide bonds. The molecule has 3 N–H and O–H groups in total. The van der Waals surface area contributed by atoms with Gasteiger partial charge in [-0.25, -0.2) is 0 Å². The van der Waals surface area contributed by atoms with E-state index in [1.54, 1.807) is 11.0 Å². The SMILES string of the molecule is CC(C)Cn1c(=O)c(C(=O)NC2CC2)c(O)n2ncc(/C=C/C(=O)N3CCCC3CO)c12. The third kappa shape index (κ3) is 4.14. The number of nitrogens with zero attached hydrogens (tertiary/aromatic N) is 4. The van der Waals surface area contributed by atoms with Gasteiger partial charge in [0.1, 0.15) is 5.65 Å². The second-order valence-electron chi connectivity index (χ2n) is 8.93. The maximum atomic E-state index is 13.2. The number of hydrogen-bond acceptors (Lipinski definition) is 6. The number of amides is 2. The summed E-state index contributed by atoms with van der Waals surface area (Å²) in [6.07, 6.45) is 7.71. The number of carbonyl (C=O) groups excluding carboxylic acids is 2. The summed E-state index contributed by atoms with van der Waals surface area (Å²) in [5, 5.41) is 27.1. The Kier molecular flexibility index (Phi) is 6.05. The van der Waals surface area contributed by atoms with Crippen LogP contribution in [0.3, 0.4) is 0 Å². The fourth-order valence-corrected chi connectivity index (χ4v) is 4.12. The normalized spacial score (nSPS) is 18.9. The van der Waals surface area contributed by atoms with E-state index >= 15 is 0 Å². The van der Waals surface area contributed by atoms with Gasteiger partial charge >= 0.3 is 0 Å². The number of aromatic hydroxyl groups is 1. The van der Waals surface area contributed by atoms with Crippen molar-refractivity contribution in [3.63, 3.8) is 0 Å². The van der Waals surface area contributed by atoms with Gasteiger partial charge in [0.15, 0.2) is 5.56 Å². The molecule has 1 saturated carbocycles. The predicted octanol–water partition coefficient (Wildman–Crippen LogP) is 0.746. The molecule has 1 unspecified atom stereocenters. The number of aliphatic hydroxyl groups excluding tert-OH is 1. The Hall–Kier alpha value is -3.14. The van der Waals surface area contributed by atoms with E-state index in [0.717, 1.165) is 25.7 Å². The van der Waals surface area contributed by atoms with Gasteiger partial charge in [0.25, 0.3) is 11.5 Å². The minimum Gasteiger partial charge on any atom is -0.492 e. The van der Waals surface area contributed by atoms with Crippen molar-refractivity contribution < 1.29 is 19.8 Å². The average Bonchev–Trinajstić information content (AvgIpc) is 3.26. The molecule has 4 rings (SSSR count). The molecule has 10 heteroatoms. The van der Waals surface area contributed by atoms with Crippen molar-refractivity contribution in [1.29, 1.82) is 0 Å². The predicted molar refractivity (Wildman–Crippen MR) is 117 cm³/mol. The van der Waals surface area contributed by atoms with Gasteiger partial charge in [0, 0.05) is 30.8 Å². The molecule has 0 bridgehead atoms. The van der Waals surface area contributed by atoms with Gasteiger partial charge in [0.2, 0.25) is 11.8 Å². The van der Waals surface area contributed by atoms with Gasteiger partial charge in [-0.3, -0.25) is 19.0 Å². The monoisotopic (exact) mass is 443 g/mol. The fraction of sp³-hybridized carbons (Fsp3) is 0.545. The molecule has 172 valence electrons. The van der Waals surface area contributed by atoms with Crippen molar-refractivity contribution in [3.05, 3.63) is 33.8 Å². The highest BCUT2D eigenvalue weighted by molar-refractivity contribution is 5.97. The van der Waals surface area contributed by atoms with Crippen molar-refractivity contribution in [2.24, 2.45) is 5.92 Å². The van der Waals surface area contributed by atoms with Gasteiger partial charge in [-0.15, -0.1) is 0 Å². The second kappa shape index (κ2) is 8.78. The third-order valence-corrected chi connectivity index (χ3v) is 5.87. The first-order valence-electron chi connectivity index (χ1n) is 11.1. The summed E-state index contributed by atoms with van der Waals surface area (Å²) in [6.45, 7) is 4.70. The molecule has 0 aromatic carbocycles. The summed E-state index contributed by atoms with van der Waals surface area (Å²) in [5.74, 6) is -1.28. The zero-order valence-electron chi connectivity index (χ0n) is 18.3. The highest BCUT2D eigenvalue weighted by atomic mass is 16.3. The van der Waals surface area contributed by atoms with Crippen molar-refractivity contribution in [3.8, 4) is 5.88 Å². The Balaban J connectivity index is 1.75. The first-order chi connectivity index (χ1) is 15.3. The summed E-state index contributed by atoms with van der Waals surface area (Å²) >= 11 is 0. The summed E-state index contributed by atoms with van der Waals surface area (Å²) in [4.78, 5) is 40.1. The van der Waals surface area contributed by atoms with Crippen LogP contribution in [0, 0.1) is 5.92 Å². The highest BCUT2D eigenvalue weighted by Gasteiger charge is 2.30. The van der Waals surface area contributed by atoms with E-state index < -0.39 is 17.3 Å². The lowest BCUT2D eigenvalue weighted by Gasteiger charge is -2.21. The molecule has 2 fully saturated rings. The Morgan fingerprint density at radius 1 is 1.31 bits per heavy atom. The van der Waals surface area contributed by atoms with Gasteiger partial charge < -0.3 is 20.4 Å². The van der Waals surface area contributed by atoms with Crippen LogP contribution in [0.2, 0.25) is 0 Å². The van der Waals surface area contributed by atoms with Gasteiger partial charge in [0.05, 0.1) is 18.8 Å². The van der Waals surface area contributed by atoms with E-state index in [2.05, 4.69) is 10.4 Å². The minimum atomic E-state index is -0.610. The van der Waals surface area contributed by atoms with E-state index in [1.807, 2.05) is 13.8 Å². The molecule has 1 atom stereocenters. The first-order valence-corrected chi connectivity index (χ1v) is 11.1. The smallest absolute Gasteiger partial charge is 0.270 e. The summed E-state index contributed by atoms with van der Waals surface area (Å²) < 4.78 is 2.60. The van der Waals surface area contributed by atoms with E-state index in [-0.39, 0.29) is 36.1 Å². The minimum absolute atomic E-state index is 0.0333. The lowest BCUT2D eigenvalue weighted by atomic mass is 10.2. The fourth-order valence-electron chi connectivity index (χ4n) is 4.12. The van der Waals surface area contributed by atoms with Crippen molar-refractivity contribution in [1.82, 2.24) is 24.4 Å². The first kappa shape index (κ1) is 22.1. The summed E-state index contributed by atoms with van der Waals surface area (Å²) in [6, 6.07) is -0.155. The number of fused-ring (bicyclic) bond motifs is 1. The van der Waals surface area contributed by atoms with Crippen molar-refractivity contribution in [2.75, 3.05) is 13.2 Å². The van der Waals surface area contributed by atoms with Crippen molar-refractivity contribution in [2.45, 2.75) is 58.2 Å². The molecule has 32 heavy (non-hydrogen) atoms. The van der Waals surface area contributed by atoms with Crippen LogP contribution in [-0.4, -0.2) is 66.3 Å².